The van der Waals surface area contributed by atoms with Gasteiger partial charge >= 0.3 is 0 Å². The molecular formula is C20H30O5. The molecule has 3 atom stereocenters. The molecule has 0 aliphatic heterocycles. The second-order valence-electron chi connectivity index (χ2n) is 7.50. The maximum Gasteiger partial charge on any atom is 0.182 e. The zero-order valence-corrected chi connectivity index (χ0v) is 15.8. The quantitative estimate of drug-likeness (QED) is 0.518. The minimum atomic E-state index is -1.83. The molecule has 0 amide bonds. The van der Waals surface area contributed by atoms with Crippen LogP contribution < -0.4 is 0 Å². The number of carbonyl (C=O) groups is 3. The Bertz CT molecular complexity index is 595. The van der Waals surface area contributed by atoms with E-state index in [1.54, 1.807) is 26.8 Å². The minimum Gasteiger partial charge on any atom is -0.392 e. The van der Waals surface area contributed by atoms with E-state index in [1.807, 2.05) is 19.9 Å². The first-order valence-electron chi connectivity index (χ1n) is 8.80. The predicted molar refractivity (Wildman–Crippen MR) is 95.9 cm³/mol. The fourth-order valence-corrected chi connectivity index (χ4v) is 3.16. The lowest BCUT2D eigenvalue weighted by Gasteiger charge is -2.26. The van der Waals surface area contributed by atoms with Crippen molar-refractivity contribution >= 4 is 17.3 Å². The third kappa shape index (κ3) is 4.73. The minimum absolute atomic E-state index is 0.0675. The molecule has 2 N–H and O–H groups in total. The van der Waals surface area contributed by atoms with Gasteiger partial charge in [0.15, 0.2) is 17.3 Å². The topological polar surface area (TPSA) is 91.7 Å². The summed E-state index contributed by atoms with van der Waals surface area (Å²) in [6.07, 6.45) is 4.23. The molecule has 1 aliphatic rings. The Hall–Kier alpha value is -1.59. The van der Waals surface area contributed by atoms with Crippen molar-refractivity contribution in [1.82, 2.24) is 0 Å². The van der Waals surface area contributed by atoms with E-state index in [-0.39, 0.29) is 19.4 Å². The van der Waals surface area contributed by atoms with Crippen LogP contribution in [-0.2, 0) is 14.4 Å². The van der Waals surface area contributed by atoms with Crippen LogP contribution in [0.3, 0.4) is 0 Å². The van der Waals surface area contributed by atoms with E-state index in [4.69, 9.17) is 5.11 Å². The van der Waals surface area contributed by atoms with Crippen molar-refractivity contribution in [2.24, 2.45) is 17.8 Å². The van der Waals surface area contributed by atoms with Crippen molar-refractivity contribution < 1.29 is 24.6 Å². The third-order valence-corrected chi connectivity index (χ3v) is 4.78. The van der Waals surface area contributed by atoms with E-state index >= 15 is 0 Å². The molecule has 1 fully saturated rings. The van der Waals surface area contributed by atoms with Crippen LogP contribution in [0.1, 0.15) is 53.9 Å². The van der Waals surface area contributed by atoms with Crippen molar-refractivity contribution in [2.75, 3.05) is 6.61 Å². The van der Waals surface area contributed by atoms with E-state index in [2.05, 4.69) is 0 Å². The summed E-state index contributed by atoms with van der Waals surface area (Å²) in [5.74, 6) is -4.25. The van der Waals surface area contributed by atoms with Crippen LogP contribution >= 0.6 is 0 Å². The summed E-state index contributed by atoms with van der Waals surface area (Å²) < 4.78 is 0. The van der Waals surface area contributed by atoms with Crippen LogP contribution in [0, 0.1) is 17.8 Å². The fraction of sp³-hybridized carbons (Fsp3) is 0.650. The first-order chi connectivity index (χ1) is 11.6. The molecule has 0 heterocycles. The van der Waals surface area contributed by atoms with Crippen molar-refractivity contribution in [3.05, 3.63) is 23.3 Å². The largest absolute Gasteiger partial charge is 0.392 e. The lowest BCUT2D eigenvalue weighted by molar-refractivity contribution is -0.143. The van der Waals surface area contributed by atoms with Gasteiger partial charge in [-0.15, -0.1) is 0 Å². The predicted octanol–water partition coefficient (Wildman–Crippen LogP) is 2.40. The number of Topliss-reactive ketones (excluding diaryl/α,β-unsaturated/α-hetero) is 3. The van der Waals surface area contributed by atoms with Gasteiger partial charge in [-0.1, -0.05) is 37.1 Å². The van der Waals surface area contributed by atoms with Crippen LogP contribution in [0.25, 0.3) is 0 Å². The number of carbonyl (C=O) groups excluding carboxylic acids is 3. The van der Waals surface area contributed by atoms with Gasteiger partial charge in [0, 0.05) is 5.92 Å². The molecule has 140 valence electrons. The second kappa shape index (κ2) is 8.68. The molecule has 0 aromatic heterocycles. The molecule has 0 bridgehead atoms. The number of hydrogen-bond acceptors (Lipinski definition) is 5. The van der Waals surface area contributed by atoms with E-state index in [0.717, 1.165) is 11.1 Å². The Morgan fingerprint density at radius 2 is 1.80 bits per heavy atom. The lowest BCUT2D eigenvalue weighted by Crippen LogP contribution is -2.42. The molecule has 0 radical (unpaired) electrons. The Labute approximate surface area is 149 Å². The van der Waals surface area contributed by atoms with Gasteiger partial charge in [-0.3, -0.25) is 14.4 Å². The molecule has 5 nitrogen and oxygen atoms in total. The monoisotopic (exact) mass is 350 g/mol. The number of aliphatic hydroxyl groups excluding tert-OH is 1. The second-order valence-corrected chi connectivity index (χ2v) is 7.50. The summed E-state index contributed by atoms with van der Waals surface area (Å²) in [5, 5.41) is 20.1. The van der Waals surface area contributed by atoms with Crippen LogP contribution in [0.4, 0.5) is 0 Å². The Morgan fingerprint density at radius 3 is 2.28 bits per heavy atom. The molecule has 0 aromatic carbocycles. The van der Waals surface area contributed by atoms with Crippen LogP contribution in [0.5, 0.6) is 0 Å². The first kappa shape index (κ1) is 21.5. The molecule has 5 heteroatoms. The normalized spacial score (nSPS) is 27.1. The van der Waals surface area contributed by atoms with Gasteiger partial charge in [0.25, 0.3) is 0 Å². The number of rotatable bonds is 8. The van der Waals surface area contributed by atoms with Crippen LogP contribution in [-0.4, -0.2) is 39.8 Å². The van der Waals surface area contributed by atoms with Gasteiger partial charge in [-0.05, 0) is 40.0 Å². The lowest BCUT2D eigenvalue weighted by atomic mass is 9.82. The van der Waals surface area contributed by atoms with E-state index in [0.29, 0.717) is 6.42 Å². The zero-order chi connectivity index (χ0) is 19.4. The van der Waals surface area contributed by atoms with Crippen molar-refractivity contribution in [3.8, 4) is 0 Å². The molecule has 1 aliphatic carbocycles. The summed E-state index contributed by atoms with van der Waals surface area (Å²) in [7, 11) is 0. The standard InChI is InChI=1S/C20H30O5/c1-12(2)8-9-15-18(23)16(17(22)13(3)4)19(24)20(15,25)10-6-7-14(5)11-21/h7-8,13,15-16,21,25H,6,9-11H2,1-5H3. The molecular weight excluding hydrogens is 320 g/mol. The summed E-state index contributed by atoms with van der Waals surface area (Å²) in [4.78, 5) is 37.9. The molecule has 0 aromatic rings. The van der Waals surface area contributed by atoms with E-state index < -0.39 is 40.7 Å². The van der Waals surface area contributed by atoms with E-state index in [9.17, 15) is 19.5 Å². The van der Waals surface area contributed by atoms with Gasteiger partial charge in [0.1, 0.15) is 11.5 Å². The maximum atomic E-state index is 12.8. The highest BCUT2D eigenvalue weighted by atomic mass is 16.3. The summed E-state index contributed by atoms with van der Waals surface area (Å²) in [6, 6.07) is 0. The van der Waals surface area contributed by atoms with Gasteiger partial charge in [-0.2, -0.15) is 0 Å². The summed E-state index contributed by atoms with van der Waals surface area (Å²) in [5.41, 5.74) is -0.113. The molecule has 25 heavy (non-hydrogen) atoms. The third-order valence-electron chi connectivity index (χ3n) is 4.78. The van der Waals surface area contributed by atoms with Crippen molar-refractivity contribution in [3.63, 3.8) is 0 Å². The molecule has 0 saturated heterocycles. The zero-order valence-electron chi connectivity index (χ0n) is 15.8. The molecule has 1 saturated carbocycles. The highest BCUT2D eigenvalue weighted by molar-refractivity contribution is 6.27. The fourth-order valence-electron chi connectivity index (χ4n) is 3.16. The number of hydrogen-bond donors (Lipinski definition) is 2. The van der Waals surface area contributed by atoms with Gasteiger partial charge in [-0.25, -0.2) is 0 Å². The van der Waals surface area contributed by atoms with Gasteiger partial charge < -0.3 is 10.2 Å². The summed E-state index contributed by atoms with van der Waals surface area (Å²) >= 11 is 0. The average molecular weight is 350 g/mol. The van der Waals surface area contributed by atoms with Crippen molar-refractivity contribution in [2.45, 2.75) is 59.5 Å². The highest BCUT2D eigenvalue weighted by Crippen LogP contribution is 2.41. The number of allylic oxidation sites excluding steroid dienone is 3. The Kier molecular flexibility index (Phi) is 7.44. The van der Waals surface area contributed by atoms with Gasteiger partial charge in [0.05, 0.1) is 12.5 Å². The number of aliphatic hydroxyl groups is 2. The van der Waals surface area contributed by atoms with Crippen LogP contribution in [0.2, 0.25) is 0 Å². The Balaban J connectivity index is 3.18. The highest BCUT2D eigenvalue weighted by Gasteiger charge is 2.60. The smallest absolute Gasteiger partial charge is 0.182 e. The Morgan fingerprint density at radius 1 is 1.20 bits per heavy atom. The summed E-state index contributed by atoms with van der Waals surface area (Å²) in [6.45, 7) is 8.71. The first-order valence-corrected chi connectivity index (χ1v) is 8.80. The van der Waals surface area contributed by atoms with Gasteiger partial charge in [0.2, 0.25) is 0 Å². The van der Waals surface area contributed by atoms with E-state index in [1.165, 1.54) is 0 Å². The molecule has 0 spiro atoms. The average Bonchev–Trinajstić information content (AvgIpc) is 2.71. The van der Waals surface area contributed by atoms with Crippen LogP contribution in [0.15, 0.2) is 23.3 Å². The van der Waals surface area contributed by atoms with Crippen molar-refractivity contribution in [1.29, 1.82) is 0 Å². The molecule has 3 unspecified atom stereocenters. The number of ketones is 3. The SMILES string of the molecule is CC(C)=CCC1C(=O)C(C(=O)C(C)C)C(=O)C1(O)CCC=C(C)CO. The molecule has 1 rings (SSSR count). The maximum absolute atomic E-state index is 12.8.